The molecular weight excluding hydrogens is 270 g/mol. The van der Waals surface area contributed by atoms with Crippen LogP contribution in [0.3, 0.4) is 0 Å². The minimum Gasteiger partial charge on any atom is -0.496 e. The van der Waals surface area contributed by atoms with Crippen molar-refractivity contribution in [2.24, 2.45) is 0 Å². The molecule has 20 heavy (non-hydrogen) atoms. The number of rotatable bonds is 6. The van der Waals surface area contributed by atoms with Gasteiger partial charge in [-0.15, -0.1) is 0 Å². The van der Waals surface area contributed by atoms with Crippen molar-refractivity contribution in [1.29, 1.82) is 0 Å². The molecule has 2 rings (SSSR count). The molecule has 2 unspecified atom stereocenters. The first-order chi connectivity index (χ1) is 9.76. The van der Waals surface area contributed by atoms with Gasteiger partial charge in [0.25, 0.3) is 0 Å². The molecular formula is C16H19NO2S. The molecule has 0 amide bonds. The lowest BCUT2D eigenvalue weighted by Gasteiger charge is -2.19. The van der Waals surface area contributed by atoms with Crippen molar-refractivity contribution in [3.05, 3.63) is 60.2 Å². The molecule has 0 aliphatic heterocycles. The van der Waals surface area contributed by atoms with E-state index < -0.39 is 10.8 Å². The molecule has 0 saturated heterocycles. The number of para-hydroxylation sites is 1. The van der Waals surface area contributed by atoms with E-state index in [1.165, 1.54) is 0 Å². The highest BCUT2D eigenvalue weighted by Gasteiger charge is 2.17. The topological polar surface area (TPSA) is 38.3 Å². The summed E-state index contributed by atoms with van der Waals surface area (Å²) in [5.74, 6) is 1.33. The molecule has 2 atom stereocenters. The molecule has 0 saturated carbocycles. The summed E-state index contributed by atoms with van der Waals surface area (Å²) in [5.41, 5.74) is 1.03. The number of benzene rings is 2. The van der Waals surface area contributed by atoms with Gasteiger partial charge in [0.05, 0.1) is 17.9 Å². The van der Waals surface area contributed by atoms with E-state index >= 15 is 0 Å². The van der Waals surface area contributed by atoms with Crippen molar-refractivity contribution in [2.75, 3.05) is 19.9 Å². The first-order valence-corrected chi connectivity index (χ1v) is 7.81. The van der Waals surface area contributed by atoms with E-state index in [1.807, 2.05) is 61.6 Å². The first-order valence-electron chi connectivity index (χ1n) is 6.50. The third-order valence-electron chi connectivity index (χ3n) is 3.19. The molecule has 0 aromatic heterocycles. The van der Waals surface area contributed by atoms with Gasteiger partial charge in [0, 0.05) is 22.3 Å². The van der Waals surface area contributed by atoms with Gasteiger partial charge < -0.3 is 10.1 Å². The fourth-order valence-corrected chi connectivity index (χ4v) is 3.40. The van der Waals surface area contributed by atoms with Crippen LogP contribution >= 0.6 is 0 Å². The molecule has 0 spiro atoms. The molecule has 0 fully saturated rings. The number of nitrogens with one attached hydrogen (secondary N) is 1. The Labute approximate surface area is 122 Å². The number of hydrogen-bond donors (Lipinski definition) is 1. The van der Waals surface area contributed by atoms with E-state index in [2.05, 4.69) is 5.32 Å². The fourth-order valence-electron chi connectivity index (χ4n) is 2.10. The Morgan fingerprint density at radius 3 is 2.40 bits per heavy atom. The summed E-state index contributed by atoms with van der Waals surface area (Å²) in [7, 11) is 2.48. The second-order valence-corrected chi connectivity index (χ2v) is 5.90. The van der Waals surface area contributed by atoms with Gasteiger partial charge in [-0.1, -0.05) is 36.4 Å². The van der Waals surface area contributed by atoms with Gasteiger partial charge in [-0.05, 0) is 25.2 Å². The Balaban J connectivity index is 2.19. The van der Waals surface area contributed by atoms with Crippen LogP contribution in [-0.2, 0) is 10.8 Å². The van der Waals surface area contributed by atoms with Gasteiger partial charge in [-0.2, -0.15) is 0 Å². The molecule has 0 aliphatic rings. The quantitative estimate of drug-likeness (QED) is 0.888. The van der Waals surface area contributed by atoms with Crippen LogP contribution in [0.25, 0.3) is 0 Å². The second kappa shape index (κ2) is 7.22. The molecule has 106 valence electrons. The highest BCUT2D eigenvalue weighted by Crippen LogP contribution is 2.26. The van der Waals surface area contributed by atoms with Crippen LogP contribution in [0, 0.1) is 0 Å². The summed E-state index contributed by atoms with van der Waals surface area (Å²) in [6, 6.07) is 17.3. The van der Waals surface area contributed by atoms with E-state index in [1.54, 1.807) is 7.11 Å². The Morgan fingerprint density at radius 1 is 1.10 bits per heavy atom. The van der Waals surface area contributed by atoms with Crippen molar-refractivity contribution in [3.63, 3.8) is 0 Å². The van der Waals surface area contributed by atoms with E-state index in [4.69, 9.17) is 4.74 Å². The number of methoxy groups -OCH3 is 1. The summed E-state index contributed by atoms with van der Waals surface area (Å²) in [4.78, 5) is 0.850. The van der Waals surface area contributed by atoms with Crippen LogP contribution in [0.4, 0.5) is 0 Å². The average molecular weight is 289 g/mol. The summed E-state index contributed by atoms with van der Waals surface area (Å²) >= 11 is 0. The highest BCUT2D eigenvalue weighted by molar-refractivity contribution is 7.85. The van der Waals surface area contributed by atoms with Crippen LogP contribution in [0.1, 0.15) is 11.6 Å². The predicted molar refractivity (Wildman–Crippen MR) is 82.5 cm³/mol. The van der Waals surface area contributed by atoms with Gasteiger partial charge in [0.15, 0.2) is 0 Å². The van der Waals surface area contributed by atoms with E-state index in [0.717, 1.165) is 16.2 Å². The Hall–Kier alpha value is -1.65. The zero-order valence-corrected chi connectivity index (χ0v) is 12.5. The molecule has 1 N–H and O–H groups in total. The lowest BCUT2D eigenvalue weighted by Crippen LogP contribution is -2.23. The summed E-state index contributed by atoms with van der Waals surface area (Å²) in [6.45, 7) is 0. The zero-order chi connectivity index (χ0) is 14.4. The van der Waals surface area contributed by atoms with Gasteiger partial charge >= 0.3 is 0 Å². The zero-order valence-electron chi connectivity index (χ0n) is 11.7. The molecule has 0 heterocycles. The van der Waals surface area contributed by atoms with Crippen molar-refractivity contribution in [3.8, 4) is 5.75 Å². The molecule has 0 bridgehead atoms. The average Bonchev–Trinajstić information content (AvgIpc) is 2.53. The third kappa shape index (κ3) is 3.46. The van der Waals surface area contributed by atoms with Gasteiger partial charge in [0.2, 0.25) is 0 Å². The Bertz CT molecular complexity index is 572. The Kier molecular flexibility index (Phi) is 5.32. The standard InChI is InChI=1S/C16H19NO2S/c1-17-15(14-10-6-7-11-16(14)19-2)12-20(18)13-8-4-3-5-9-13/h3-11,15,17H,12H2,1-2H3. The predicted octanol–water partition coefficient (Wildman–Crippen LogP) is 2.76. The third-order valence-corrected chi connectivity index (χ3v) is 4.62. The fraction of sp³-hybridized carbons (Fsp3) is 0.250. The molecule has 2 aromatic carbocycles. The van der Waals surface area contributed by atoms with E-state index in [9.17, 15) is 4.21 Å². The minimum atomic E-state index is -1.04. The molecule has 0 aliphatic carbocycles. The van der Waals surface area contributed by atoms with Crippen LogP contribution in [-0.4, -0.2) is 24.1 Å². The lowest BCUT2D eigenvalue weighted by molar-refractivity contribution is 0.404. The van der Waals surface area contributed by atoms with Crippen molar-refractivity contribution >= 4 is 10.8 Å². The maximum absolute atomic E-state index is 12.4. The molecule has 3 nitrogen and oxygen atoms in total. The summed E-state index contributed by atoms with van der Waals surface area (Å²) in [5, 5.41) is 3.22. The Morgan fingerprint density at radius 2 is 1.75 bits per heavy atom. The minimum absolute atomic E-state index is 0.00723. The van der Waals surface area contributed by atoms with Crippen molar-refractivity contribution < 1.29 is 8.95 Å². The van der Waals surface area contributed by atoms with Crippen molar-refractivity contribution in [1.82, 2.24) is 5.32 Å². The normalized spacial score (nSPS) is 13.7. The smallest absolute Gasteiger partial charge is 0.123 e. The SMILES string of the molecule is CNC(CS(=O)c1ccccc1)c1ccccc1OC. The van der Waals surface area contributed by atoms with Crippen LogP contribution < -0.4 is 10.1 Å². The maximum atomic E-state index is 12.4. The van der Waals surface area contributed by atoms with Crippen LogP contribution in [0.15, 0.2) is 59.5 Å². The van der Waals surface area contributed by atoms with E-state index in [-0.39, 0.29) is 6.04 Å². The summed E-state index contributed by atoms with van der Waals surface area (Å²) < 4.78 is 17.8. The van der Waals surface area contributed by atoms with Crippen LogP contribution in [0.5, 0.6) is 5.75 Å². The molecule has 0 radical (unpaired) electrons. The number of hydrogen-bond acceptors (Lipinski definition) is 3. The molecule has 2 aromatic rings. The molecule has 4 heteroatoms. The second-order valence-electron chi connectivity index (χ2n) is 4.41. The van der Waals surface area contributed by atoms with Crippen LogP contribution in [0.2, 0.25) is 0 Å². The van der Waals surface area contributed by atoms with E-state index in [0.29, 0.717) is 5.75 Å². The monoisotopic (exact) mass is 289 g/mol. The highest BCUT2D eigenvalue weighted by atomic mass is 32.2. The van der Waals surface area contributed by atoms with Crippen molar-refractivity contribution in [2.45, 2.75) is 10.9 Å². The number of ether oxygens (including phenoxy) is 1. The maximum Gasteiger partial charge on any atom is 0.123 e. The van der Waals surface area contributed by atoms with Gasteiger partial charge in [0.1, 0.15) is 5.75 Å². The first kappa shape index (κ1) is 14.8. The largest absolute Gasteiger partial charge is 0.496 e. The summed E-state index contributed by atoms with van der Waals surface area (Å²) in [6.07, 6.45) is 0. The van der Waals surface area contributed by atoms with Gasteiger partial charge in [-0.3, -0.25) is 4.21 Å². The lowest BCUT2D eigenvalue weighted by atomic mass is 10.1. The van der Waals surface area contributed by atoms with Gasteiger partial charge in [-0.25, -0.2) is 0 Å².